The Balaban J connectivity index is 1.26. The van der Waals surface area contributed by atoms with Gasteiger partial charge in [-0.1, -0.05) is 159 Å². The molecule has 0 bridgehead atoms. The lowest BCUT2D eigenvalue weighted by atomic mass is 9.61. The van der Waals surface area contributed by atoms with Crippen molar-refractivity contribution in [1.29, 1.82) is 0 Å². The van der Waals surface area contributed by atoms with E-state index in [1.54, 1.807) is 0 Å². The maximum atomic E-state index is 2.52. The molecule has 0 saturated carbocycles. The molecule has 1 aliphatic rings. The molecule has 0 amide bonds. The summed E-state index contributed by atoms with van der Waals surface area (Å²) in [5.41, 5.74) is 15.0. The van der Waals surface area contributed by atoms with Crippen LogP contribution in [-0.4, -0.2) is 10.8 Å². The van der Waals surface area contributed by atoms with Crippen LogP contribution in [0.5, 0.6) is 0 Å². The normalized spacial score (nSPS) is 15.0. The number of hydrogen-bond donors (Lipinski definition) is 0. The average Bonchev–Trinajstić information content (AvgIpc) is 3.56. The van der Waals surface area contributed by atoms with Gasteiger partial charge in [0.05, 0.1) is 22.1 Å². The van der Waals surface area contributed by atoms with Gasteiger partial charge in [-0.2, -0.15) is 0 Å². The summed E-state index contributed by atoms with van der Waals surface area (Å²) in [6.07, 6.45) is 3.12. The summed E-state index contributed by atoms with van der Waals surface area (Å²) >= 11 is 1.84. The Labute approximate surface area is 309 Å². The zero-order valence-corrected chi connectivity index (χ0v) is 30.1. The molecule has 1 unspecified atom stereocenters. The van der Waals surface area contributed by atoms with Gasteiger partial charge in [-0.15, -0.1) is 11.8 Å². The highest BCUT2D eigenvalue weighted by molar-refractivity contribution is 7.98. The Kier molecular flexibility index (Phi) is 7.23. The Hall–Kier alpha value is -5.83. The molecule has 0 spiro atoms. The molecule has 10 rings (SSSR count). The molecule has 248 valence electrons. The lowest BCUT2D eigenvalue weighted by Gasteiger charge is -2.43. The molecular weight excluding hydrogens is 647 g/mol. The minimum Gasteiger partial charge on any atom is -0.309 e. The van der Waals surface area contributed by atoms with Gasteiger partial charge in [-0.3, -0.25) is 0 Å². The van der Waals surface area contributed by atoms with E-state index in [1.165, 1.54) is 93.2 Å². The molecule has 8 aromatic carbocycles. The topological polar surface area (TPSA) is 4.93 Å². The highest BCUT2D eigenvalue weighted by atomic mass is 32.2. The summed E-state index contributed by atoms with van der Waals surface area (Å²) in [6, 6.07) is 65.7. The first-order valence-electron chi connectivity index (χ1n) is 18.2. The summed E-state index contributed by atoms with van der Waals surface area (Å²) in [5.74, 6) is 0. The first-order chi connectivity index (χ1) is 25.7. The van der Waals surface area contributed by atoms with Crippen LogP contribution in [-0.2, 0) is 11.8 Å². The smallest absolute Gasteiger partial charge is 0.0756 e. The van der Waals surface area contributed by atoms with E-state index in [9.17, 15) is 0 Å². The van der Waals surface area contributed by atoms with Crippen LogP contribution in [0.15, 0.2) is 181 Å². The van der Waals surface area contributed by atoms with Crippen LogP contribution < -0.4 is 0 Å². The van der Waals surface area contributed by atoms with Crippen molar-refractivity contribution in [2.75, 3.05) is 6.26 Å². The second kappa shape index (κ2) is 12.1. The fourth-order valence-electron chi connectivity index (χ4n) is 9.18. The molecule has 1 atom stereocenters. The van der Waals surface area contributed by atoms with Crippen molar-refractivity contribution < 1.29 is 0 Å². The van der Waals surface area contributed by atoms with Crippen molar-refractivity contribution in [3.8, 4) is 27.9 Å². The van der Waals surface area contributed by atoms with E-state index >= 15 is 0 Å². The number of aromatic nitrogens is 1. The minimum atomic E-state index is -0.549. The highest BCUT2D eigenvalue weighted by Gasteiger charge is 2.47. The molecular formula is C50H37NS. The number of hydrogen-bond acceptors (Lipinski definition) is 1. The molecule has 52 heavy (non-hydrogen) atoms. The standard InChI is InChI=1S/C50H37NS/c1-3-38-39(35-29-26-34(27-30-35)37-31-28-33-14-4-5-15-36(33)32-37)17-12-21-42(38)50(44-20-8-11-25-48(44)52-2)43-19-7-10-24-47(43)51-46-23-9-6-16-40(46)41-18-13-22-45(50)49(41)51/h4-32H,3H2,1-2H3. The van der Waals surface area contributed by atoms with Crippen LogP contribution in [0.3, 0.4) is 0 Å². The maximum Gasteiger partial charge on any atom is 0.0756 e. The second-order valence-corrected chi connectivity index (χ2v) is 14.7. The Morgan fingerprint density at radius 1 is 0.500 bits per heavy atom. The third-order valence-electron chi connectivity index (χ3n) is 11.4. The summed E-state index contributed by atoms with van der Waals surface area (Å²) in [4.78, 5) is 1.30. The lowest BCUT2D eigenvalue weighted by molar-refractivity contribution is 0.703. The predicted octanol–water partition coefficient (Wildman–Crippen LogP) is 13.3. The molecule has 0 N–H and O–H groups in total. The third-order valence-corrected chi connectivity index (χ3v) is 12.2. The lowest BCUT2D eigenvalue weighted by Crippen LogP contribution is -2.37. The first kappa shape index (κ1) is 30.9. The van der Waals surface area contributed by atoms with Gasteiger partial charge in [-0.05, 0) is 97.8 Å². The van der Waals surface area contributed by atoms with Crippen molar-refractivity contribution >= 4 is 44.3 Å². The Bertz CT molecular complexity index is 2820. The summed E-state index contributed by atoms with van der Waals surface area (Å²) in [7, 11) is 0. The zero-order chi connectivity index (χ0) is 34.8. The van der Waals surface area contributed by atoms with Gasteiger partial charge < -0.3 is 4.57 Å². The second-order valence-electron chi connectivity index (χ2n) is 13.8. The number of para-hydroxylation sites is 3. The number of nitrogens with zero attached hydrogens (tertiary/aromatic N) is 1. The largest absolute Gasteiger partial charge is 0.309 e. The van der Waals surface area contributed by atoms with Gasteiger partial charge in [-0.25, -0.2) is 0 Å². The van der Waals surface area contributed by atoms with Crippen LogP contribution in [0, 0.1) is 0 Å². The van der Waals surface area contributed by atoms with Crippen molar-refractivity contribution in [3.63, 3.8) is 0 Å². The quantitative estimate of drug-likeness (QED) is 0.158. The van der Waals surface area contributed by atoms with Crippen molar-refractivity contribution in [3.05, 3.63) is 204 Å². The number of benzene rings is 8. The van der Waals surface area contributed by atoms with E-state index in [1.807, 2.05) is 11.8 Å². The summed E-state index contributed by atoms with van der Waals surface area (Å²) in [6.45, 7) is 2.33. The van der Waals surface area contributed by atoms with Gasteiger partial charge in [0.25, 0.3) is 0 Å². The Morgan fingerprint density at radius 2 is 1.13 bits per heavy atom. The van der Waals surface area contributed by atoms with E-state index in [-0.39, 0.29) is 0 Å². The minimum absolute atomic E-state index is 0.549. The van der Waals surface area contributed by atoms with E-state index in [2.05, 4.69) is 194 Å². The molecule has 0 radical (unpaired) electrons. The van der Waals surface area contributed by atoms with Gasteiger partial charge in [0.2, 0.25) is 0 Å². The fraction of sp³-hybridized carbons (Fsp3) is 0.0800. The molecule has 9 aromatic rings. The summed E-state index contributed by atoms with van der Waals surface area (Å²) < 4.78 is 2.52. The highest BCUT2D eigenvalue weighted by Crippen LogP contribution is 2.57. The van der Waals surface area contributed by atoms with Crippen molar-refractivity contribution in [2.24, 2.45) is 0 Å². The van der Waals surface area contributed by atoms with Crippen molar-refractivity contribution in [2.45, 2.75) is 23.7 Å². The van der Waals surface area contributed by atoms with E-state index in [0.717, 1.165) is 6.42 Å². The average molecular weight is 684 g/mol. The van der Waals surface area contributed by atoms with E-state index < -0.39 is 5.41 Å². The maximum absolute atomic E-state index is 2.52. The molecule has 0 fully saturated rings. The molecule has 1 nitrogen and oxygen atoms in total. The van der Waals surface area contributed by atoms with Crippen LogP contribution in [0.25, 0.3) is 60.5 Å². The van der Waals surface area contributed by atoms with Gasteiger partial charge in [0, 0.05) is 15.7 Å². The Morgan fingerprint density at radius 3 is 1.98 bits per heavy atom. The zero-order valence-electron chi connectivity index (χ0n) is 29.3. The van der Waals surface area contributed by atoms with E-state index in [4.69, 9.17) is 0 Å². The van der Waals surface area contributed by atoms with Gasteiger partial charge >= 0.3 is 0 Å². The van der Waals surface area contributed by atoms with Crippen LogP contribution in [0.2, 0.25) is 0 Å². The van der Waals surface area contributed by atoms with Crippen LogP contribution >= 0.6 is 11.8 Å². The van der Waals surface area contributed by atoms with Crippen LogP contribution in [0.1, 0.15) is 34.7 Å². The molecule has 1 aromatic heterocycles. The monoisotopic (exact) mass is 683 g/mol. The van der Waals surface area contributed by atoms with Gasteiger partial charge in [0.1, 0.15) is 0 Å². The van der Waals surface area contributed by atoms with Crippen molar-refractivity contribution in [1.82, 2.24) is 4.57 Å². The number of thioether (sulfide) groups is 1. The molecule has 2 heteroatoms. The molecule has 1 aliphatic heterocycles. The number of rotatable bonds is 6. The molecule has 2 heterocycles. The molecule has 0 aliphatic carbocycles. The molecule has 0 saturated heterocycles. The predicted molar refractivity (Wildman–Crippen MR) is 222 cm³/mol. The summed E-state index contributed by atoms with van der Waals surface area (Å²) in [5, 5.41) is 5.12. The fourth-order valence-corrected chi connectivity index (χ4v) is 9.84. The SMILES string of the molecule is CCc1c(-c2ccc(-c3ccc4ccccc4c3)cc2)cccc1C1(c2ccccc2SC)c2ccccc2-n2c3ccccc3c3cccc1c32. The third kappa shape index (κ3) is 4.37. The van der Waals surface area contributed by atoms with Crippen LogP contribution in [0.4, 0.5) is 0 Å². The van der Waals surface area contributed by atoms with Gasteiger partial charge in [0.15, 0.2) is 0 Å². The first-order valence-corrected chi connectivity index (χ1v) is 19.4. The number of fused-ring (bicyclic) bond motifs is 6. The van der Waals surface area contributed by atoms with E-state index in [0.29, 0.717) is 0 Å².